The number of benzene rings is 1. The van der Waals surface area contributed by atoms with E-state index in [2.05, 4.69) is 34.2 Å². The summed E-state index contributed by atoms with van der Waals surface area (Å²) in [7, 11) is -3.83. The van der Waals surface area contributed by atoms with Crippen molar-refractivity contribution < 1.29 is 17.6 Å². The number of hydrogen-bond acceptors (Lipinski definition) is 6. The van der Waals surface area contributed by atoms with Crippen LogP contribution in [0.1, 0.15) is 18.4 Å². The van der Waals surface area contributed by atoms with Gasteiger partial charge < -0.3 is 14.2 Å². The number of para-hydroxylation sites is 1. The fraction of sp³-hybridized carbons (Fsp3) is 0.417. The number of rotatable bonds is 5. The Hall–Kier alpha value is -3.11. The average molecular weight is 484 g/mol. The SMILES string of the molecule is Cc1ccccc1N1CCN(C(=O)[C@@H]2CCCN(S(=O)(=O)c3ccc(-c4ccn[nH]4)o3)C2)CC1. The van der Waals surface area contributed by atoms with Gasteiger partial charge in [0.2, 0.25) is 11.0 Å². The molecule has 1 amide bonds. The van der Waals surface area contributed by atoms with Gasteiger partial charge >= 0.3 is 0 Å². The number of carbonyl (C=O) groups is 1. The Morgan fingerprint density at radius 2 is 1.85 bits per heavy atom. The molecular formula is C24H29N5O4S. The first kappa shape index (κ1) is 22.7. The third-order valence-corrected chi connectivity index (χ3v) is 8.46. The lowest BCUT2D eigenvalue weighted by atomic mass is 9.97. The highest BCUT2D eigenvalue weighted by Gasteiger charge is 2.37. The molecule has 0 spiro atoms. The molecule has 2 aromatic heterocycles. The highest BCUT2D eigenvalue weighted by atomic mass is 32.2. The number of carbonyl (C=O) groups excluding carboxylic acids is 1. The molecule has 10 heteroatoms. The third-order valence-electron chi connectivity index (χ3n) is 6.72. The number of aromatic amines is 1. The molecule has 2 aliphatic rings. The summed E-state index contributed by atoms with van der Waals surface area (Å²) in [4.78, 5) is 17.5. The van der Waals surface area contributed by atoms with E-state index in [-0.39, 0.29) is 23.5 Å². The van der Waals surface area contributed by atoms with E-state index in [1.807, 2.05) is 17.0 Å². The molecule has 0 bridgehead atoms. The maximum Gasteiger partial charge on any atom is 0.276 e. The predicted molar refractivity (Wildman–Crippen MR) is 128 cm³/mol. The molecule has 0 aliphatic carbocycles. The smallest absolute Gasteiger partial charge is 0.276 e. The second-order valence-corrected chi connectivity index (χ2v) is 10.8. The van der Waals surface area contributed by atoms with Gasteiger partial charge in [-0.3, -0.25) is 9.89 Å². The summed E-state index contributed by atoms with van der Waals surface area (Å²) >= 11 is 0. The van der Waals surface area contributed by atoms with Crippen LogP contribution in [0.5, 0.6) is 0 Å². The number of furan rings is 1. The van der Waals surface area contributed by atoms with Gasteiger partial charge in [-0.1, -0.05) is 18.2 Å². The van der Waals surface area contributed by atoms with E-state index in [1.54, 1.807) is 18.3 Å². The maximum absolute atomic E-state index is 13.3. The van der Waals surface area contributed by atoms with Crippen molar-refractivity contribution in [2.24, 2.45) is 5.92 Å². The largest absolute Gasteiger partial charge is 0.442 e. The number of amides is 1. The van der Waals surface area contributed by atoms with Crippen molar-refractivity contribution in [3.05, 3.63) is 54.2 Å². The Morgan fingerprint density at radius 1 is 1.06 bits per heavy atom. The Balaban J connectivity index is 1.23. The second-order valence-electron chi connectivity index (χ2n) is 8.89. The quantitative estimate of drug-likeness (QED) is 0.599. The minimum atomic E-state index is -3.83. The molecule has 5 rings (SSSR count). The van der Waals surface area contributed by atoms with Crippen molar-refractivity contribution in [2.45, 2.75) is 24.9 Å². The van der Waals surface area contributed by atoms with Crippen molar-refractivity contribution in [1.29, 1.82) is 0 Å². The molecule has 9 nitrogen and oxygen atoms in total. The molecule has 2 aliphatic heterocycles. The Labute approximate surface area is 199 Å². The van der Waals surface area contributed by atoms with E-state index in [9.17, 15) is 13.2 Å². The highest BCUT2D eigenvalue weighted by Crippen LogP contribution is 2.29. The fourth-order valence-corrected chi connectivity index (χ4v) is 6.27. The molecule has 0 radical (unpaired) electrons. The number of nitrogens with one attached hydrogen (secondary N) is 1. The number of sulfonamides is 1. The molecule has 3 aromatic rings. The van der Waals surface area contributed by atoms with E-state index < -0.39 is 10.0 Å². The first-order chi connectivity index (χ1) is 16.4. The van der Waals surface area contributed by atoms with E-state index in [1.165, 1.54) is 21.6 Å². The van der Waals surface area contributed by atoms with E-state index in [0.29, 0.717) is 43.9 Å². The van der Waals surface area contributed by atoms with Crippen LogP contribution in [-0.4, -0.2) is 73.0 Å². The second kappa shape index (κ2) is 9.27. The van der Waals surface area contributed by atoms with Crippen LogP contribution in [0.25, 0.3) is 11.5 Å². The maximum atomic E-state index is 13.3. The Kier molecular flexibility index (Phi) is 6.18. The van der Waals surface area contributed by atoms with Crippen LogP contribution in [0.4, 0.5) is 5.69 Å². The van der Waals surface area contributed by atoms with Gasteiger partial charge in [0.15, 0.2) is 5.76 Å². The molecule has 2 saturated heterocycles. The van der Waals surface area contributed by atoms with Gasteiger partial charge in [-0.05, 0) is 49.6 Å². The topological polar surface area (TPSA) is 103 Å². The van der Waals surface area contributed by atoms with Gasteiger partial charge in [0, 0.05) is 51.2 Å². The zero-order chi connectivity index (χ0) is 23.7. The lowest BCUT2D eigenvalue weighted by Crippen LogP contribution is -2.53. The van der Waals surface area contributed by atoms with E-state index in [4.69, 9.17) is 4.42 Å². The number of nitrogens with zero attached hydrogens (tertiary/aromatic N) is 4. The monoisotopic (exact) mass is 483 g/mol. The standard InChI is InChI=1S/C24H29N5O4S/c1-18-5-2-3-7-21(18)27-13-15-28(16-14-27)24(30)19-6-4-12-29(17-19)34(31,32)23-9-8-22(33-23)20-10-11-25-26-20/h2-3,5,7-11,19H,4,6,12-17H2,1H3,(H,25,26)/t19-/m1/s1. The predicted octanol–water partition coefficient (Wildman–Crippen LogP) is 2.73. The highest BCUT2D eigenvalue weighted by molar-refractivity contribution is 7.89. The molecule has 0 unspecified atom stereocenters. The minimum Gasteiger partial charge on any atom is -0.442 e. The van der Waals surface area contributed by atoms with Gasteiger partial charge in [-0.15, -0.1) is 0 Å². The zero-order valence-corrected chi connectivity index (χ0v) is 20.0. The van der Waals surface area contributed by atoms with Gasteiger partial charge in [-0.25, -0.2) is 8.42 Å². The summed E-state index contributed by atoms with van der Waals surface area (Å²) in [6.07, 6.45) is 2.92. The van der Waals surface area contributed by atoms with Crippen LogP contribution in [0.2, 0.25) is 0 Å². The number of anilines is 1. The molecule has 1 atom stereocenters. The number of piperazine rings is 1. The fourth-order valence-electron chi connectivity index (χ4n) is 4.83. The number of H-pyrrole nitrogens is 1. The Morgan fingerprint density at radius 3 is 2.59 bits per heavy atom. The number of aryl methyl sites for hydroxylation is 1. The van der Waals surface area contributed by atoms with Crippen LogP contribution in [0, 0.1) is 12.8 Å². The van der Waals surface area contributed by atoms with Gasteiger partial charge in [0.25, 0.3) is 10.0 Å². The van der Waals surface area contributed by atoms with Crippen molar-refractivity contribution >= 4 is 21.6 Å². The van der Waals surface area contributed by atoms with Gasteiger partial charge in [0.05, 0.1) is 5.92 Å². The first-order valence-corrected chi connectivity index (χ1v) is 13.1. The van der Waals surface area contributed by atoms with Crippen LogP contribution >= 0.6 is 0 Å². The van der Waals surface area contributed by atoms with Crippen LogP contribution in [0.15, 0.2) is 58.2 Å². The number of aromatic nitrogens is 2. The van der Waals surface area contributed by atoms with E-state index >= 15 is 0 Å². The van der Waals surface area contributed by atoms with Crippen molar-refractivity contribution in [3.8, 4) is 11.5 Å². The van der Waals surface area contributed by atoms with Crippen molar-refractivity contribution in [3.63, 3.8) is 0 Å². The molecule has 34 heavy (non-hydrogen) atoms. The molecule has 2 fully saturated rings. The Bertz CT molecular complexity index is 1250. The molecular weight excluding hydrogens is 454 g/mol. The summed E-state index contributed by atoms with van der Waals surface area (Å²) in [6.45, 7) is 5.49. The normalized spacial score (nSPS) is 20.0. The first-order valence-electron chi connectivity index (χ1n) is 11.6. The molecule has 4 heterocycles. The van der Waals surface area contributed by atoms with Gasteiger partial charge in [0.1, 0.15) is 5.69 Å². The minimum absolute atomic E-state index is 0.0435. The van der Waals surface area contributed by atoms with Crippen LogP contribution < -0.4 is 4.90 Å². The number of hydrogen-bond donors (Lipinski definition) is 1. The van der Waals surface area contributed by atoms with Crippen LogP contribution in [-0.2, 0) is 14.8 Å². The summed E-state index contributed by atoms with van der Waals surface area (Å²) in [6, 6.07) is 13.1. The van der Waals surface area contributed by atoms with Crippen LogP contribution in [0.3, 0.4) is 0 Å². The molecule has 1 N–H and O–H groups in total. The van der Waals surface area contributed by atoms with Crippen molar-refractivity contribution in [2.75, 3.05) is 44.2 Å². The average Bonchev–Trinajstić information content (AvgIpc) is 3.57. The zero-order valence-electron chi connectivity index (χ0n) is 19.2. The summed E-state index contributed by atoms with van der Waals surface area (Å²) in [5.74, 6) is 0.115. The molecule has 180 valence electrons. The summed E-state index contributed by atoms with van der Waals surface area (Å²) < 4.78 is 33.4. The lowest BCUT2D eigenvalue weighted by Gasteiger charge is -2.39. The third kappa shape index (κ3) is 4.35. The molecule has 1 aromatic carbocycles. The van der Waals surface area contributed by atoms with E-state index in [0.717, 1.165) is 13.1 Å². The van der Waals surface area contributed by atoms with Gasteiger partial charge in [-0.2, -0.15) is 9.40 Å². The summed E-state index contributed by atoms with van der Waals surface area (Å²) in [5, 5.41) is 6.52. The van der Waals surface area contributed by atoms with Crippen molar-refractivity contribution in [1.82, 2.24) is 19.4 Å². The molecule has 0 saturated carbocycles. The lowest BCUT2D eigenvalue weighted by molar-refractivity contribution is -0.137. The number of piperidine rings is 1. The summed E-state index contributed by atoms with van der Waals surface area (Å²) in [5.41, 5.74) is 3.04.